The van der Waals surface area contributed by atoms with Crippen molar-refractivity contribution in [2.24, 2.45) is 11.7 Å². The van der Waals surface area contributed by atoms with Gasteiger partial charge in [0.1, 0.15) is 5.82 Å². The van der Waals surface area contributed by atoms with E-state index in [0.29, 0.717) is 55.5 Å². The summed E-state index contributed by atoms with van der Waals surface area (Å²) in [5.74, 6) is -0.684. The van der Waals surface area contributed by atoms with Crippen LogP contribution in [0.15, 0.2) is 42.5 Å². The van der Waals surface area contributed by atoms with Crippen molar-refractivity contribution in [1.29, 1.82) is 0 Å². The smallest absolute Gasteiger partial charge is 0.241 e. The number of nitrogens with two attached hydrogens (primary N) is 1. The minimum Gasteiger partial charge on any atom is -0.381 e. The number of hydrogen-bond donors (Lipinski definition) is 3. The van der Waals surface area contributed by atoms with Crippen LogP contribution in [0.4, 0.5) is 10.1 Å². The summed E-state index contributed by atoms with van der Waals surface area (Å²) >= 11 is 6.13. The molecule has 3 heterocycles. The average Bonchev–Trinajstić information content (AvgIpc) is 2.95. The van der Waals surface area contributed by atoms with Gasteiger partial charge in [-0.25, -0.2) is 4.39 Å². The van der Waals surface area contributed by atoms with Gasteiger partial charge in [0, 0.05) is 74.6 Å². The average molecular weight is 560 g/mol. The van der Waals surface area contributed by atoms with E-state index < -0.39 is 6.04 Å². The summed E-state index contributed by atoms with van der Waals surface area (Å²) in [6, 6.07) is 11.5. The van der Waals surface area contributed by atoms with Crippen molar-refractivity contribution in [1.82, 2.24) is 5.32 Å². The molecule has 3 saturated heterocycles. The summed E-state index contributed by atoms with van der Waals surface area (Å²) < 4.78 is 32.7. The van der Waals surface area contributed by atoms with Crippen LogP contribution in [0.5, 0.6) is 0 Å². The molecule has 9 heteroatoms. The van der Waals surface area contributed by atoms with E-state index in [1.54, 1.807) is 12.1 Å². The summed E-state index contributed by atoms with van der Waals surface area (Å²) in [7, 11) is 0. The summed E-state index contributed by atoms with van der Waals surface area (Å²) in [6.45, 7) is 4.21. The van der Waals surface area contributed by atoms with Gasteiger partial charge in [-0.3, -0.25) is 4.79 Å². The number of morpholine rings is 1. The highest BCUT2D eigenvalue weighted by atomic mass is 35.5. The Morgan fingerprint density at radius 3 is 2.56 bits per heavy atom. The lowest BCUT2D eigenvalue weighted by atomic mass is 9.76. The van der Waals surface area contributed by atoms with Crippen molar-refractivity contribution in [2.45, 2.75) is 62.2 Å². The van der Waals surface area contributed by atoms with E-state index in [-0.39, 0.29) is 35.3 Å². The van der Waals surface area contributed by atoms with E-state index in [9.17, 15) is 4.79 Å². The fourth-order valence-corrected chi connectivity index (χ4v) is 6.37. The number of halogens is 2. The molecule has 5 rings (SSSR count). The molecule has 0 saturated carbocycles. The Morgan fingerprint density at radius 1 is 1.10 bits per heavy atom. The van der Waals surface area contributed by atoms with Crippen molar-refractivity contribution in [3.05, 3.63) is 64.4 Å². The molecule has 3 fully saturated rings. The van der Waals surface area contributed by atoms with Crippen LogP contribution in [-0.4, -0.2) is 63.2 Å². The number of amides is 1. The van der Waals surface area contributed by atoms with Crippen LogP contribution in [0.3, 0.4) is 0 Å². The predicted molar refractivity (Wildman–Crippen MR) is 150 cm³/mol. The molecule has 0 aliphatic carbocycles. The van der Waals surface area contributed by atoms with Crippen LogP contribution in [0.25, 0.3) is 0 Å². The number of ether oxygens (including phenoxy) is 3. The van der Waals surface area contributed by atoms with E-state index >= 15 is 4.39 Å². The maximum atomic E-state index is 15.1. The van der Waals surface area contributed by atoms with Gasteiger partial charge in [-0.05, 0) is 61.4 Å². The second-order valence-electron chi connectivity index (χ2n) is 11.0. The van der Waals surface area contributed by atoms with Gasteiger partial charge >= 0.3 is 0 Å². The summed E-state index contributed by atoms with van der Waals surface area (Å²) in [5.41, 5.74) is 8.35. The molecule has 7 nitrogen and oxygen atoms in total. The minimum absolute atomic E-state index is 0.0370. The highest BCUT2D eigenvalue weighted by Crippen LogP contribution is 2.36. The number of anilines is 1. The molecule has 1 spiro atoms. The lowest BCUT2D eigenvalue weighted by Gasteiger charge is -2.44. The van der Waals surface area contributed by atoms with Gasteiger partial charge in [0.25, 0.3) is 0 Å². The predicted octanol–water partition coefficient (Wildman–Crippen LogP) is 4.43. The Labute approximate surface area is 234 Å². The van der Waals surface area contributed by atoms with Gasteiger partial charge in [0.05, 0.1) is 17.7 Å². The van der Waals surface area contributed by atoms with E-state index in [0.717, 1.165) is 44.3 Å². The summed E-state index contributed by atoms with van der Waals surface area (Å²) in [6.07, 6.45) is 4.41. The first-order valence-corrected chi connectivity index (χ1v) is 14.5. The van der Waals surface area contributed by atoms with Crippen molar-refractivity contribution in [3.8, 4) is 0 Å². The SMILES string of the molecule is NC(C(=O)Nc1cccc(F)c1CC[C@@H]1CNCC2(CCOCC2)O1)C(c1ccc(Cl)cc1)C1CCOCC1. The molecule has 3 atom stereocenters. The highest BCUT2D eigenvalue weighted by Gasteiger charge is 2.39. The Balaban J connectivity index is 1.28. The quantitative estimate of drug-likeness (QED) is 0.443. The molecule has 0 radical (unpaired) electrons. The van der Waals surface area contributed by atoms with Crippen molar-refractivity contribution in [2.75, 3.05) is 44.8 Å². The first-order valence-electron chi connectivity index (χ1n) is 14.1. The zero-order chi connectivity index (χ0) is 27.2. The van der Waals surface area contributed by atoms with E-state index in [1.165, 1.54) is 6.07 Å². The van der Waals surface area contributed by atoms with Gasteiger partial charge in [-0.15, -0.1) is 0 Å². The second-order valence-corrected chi connectivity index (χ2v) is 11.4. The Morgan fingerprint density at radius 2 is 1.82 bits per heavy atom. The molecule has 2 aromatic rings. The number of carbonyl (C=O) groups is 1. The van der Waals surface area contributed by atoms with Crippen molar-refractivity contribution < 1.29 is 23.4 Å². The van der Waals surface area contributed by atoms with E-state index in [1.807, 2.05) is 24.3 Å². The zero-order valence-electron chi connectivity index (χ0n) is 22.3. The molecule has 0 aromatic heterocycles. The number of rotatable bonds is 8. The first-order chi connectivity index (χ1) is 18.9. The second kappa shape index (κ2) is 13.1. The third-order valence-electron chi connectivity index (χ3n) is 8.45. The van der Waals surface area contributed by atoms with Gasteiger partial charge in [0.2, 0.25) is 5.91 Å². The van der Waals surface area contributed by atoms with Crippen LogP contribution in [0, 0.1) is 11.7 Å². The molecule has 0 bridgehead atoms. The van der Waals surface area contributed by atoms with Crippen molar-refractivity contribution in [3.63, 3.8) is 0 Å². The Kier molecular flexibility index (Phi) is 9.53. The van der Waals surface area contributed by atoms with Gasteiger partial charge < -0.3 is 30.6 Å². The van der Waals surface area contributed by atoms with Gasteiger partial charge in [-0.2, -0.15) is 0 Å². The molecule has 39 heavy (non-hydrogen) atoms. The largest absolute Gasteiger partial charge is 0.381 e. The van der Waals surface area contributed by atoms with Gasteiger partial charge in [0.15, 0.2) is 0 Å². The van der Waals surface area contributed by atoms with Crippen LogP contribution in [-0.2, 0) is 25.4 Å². The van der Waals surface area contributed by atoms with Crippen LogP contribution >= 0.6 is 11.6 Å². The number of benzene rings is 2. The third kappa shape index (κ3) is 6.99. The fourth-order valence-electron chi connectivity index (χ4n) is 6.24. The van der Waals surface area contributed by atoms with Crippen LogP contribution < -0.4 is 16.4 Å². The molecule has 1 amide bonds. The minimum atomic E-state index is -0.815. The molecule has 3 aliphatic heterocycles. The third-order valence-corrected chi connectivity index (χ3v) is 8.70. The number of hydrogen-bond acceptors (Lipinski definition) is 6. The van der Waals surface area contributed by atoms with E-state index in [4.69, 9.17) is 31.5 Å². The van der Waals surface area contributed by atoms with Gasteiger partial charge in [-0.1, -0.05) is 29.8 Å². The number of nitrogens with one attached hydrogen (secondary N) is 2. The Bertz CT molecular complexity index is 1100. The molecule has 212 valence electrons. The highest BCUT2D eigenvalue weighted by molar-refractivity contribution is 6.30. The lowest BCUT2D eigenvalue weighted by Crippen LogP contribution is -2.56. The summed E-state index contributed by atoms with van der Waals surface area (Å²) in [4.78, 5) is 13.5. The number of carbonyl (C=O) groups excluding carboxylic acids is 1. The monoisotopic (exact) mass is 559 g/mol. The molecule has 4 N–H and O–H groups in total. The molecule has 2 aromatic carbocycles. The molecular weight excluding hydrogens is 521 g/mol. The zero-order valence-corrected chi connectivity index (χ0v) is 23.1. The maximum Gasteiger partial charge on any atom is 0.241 e. The van der Waals surface area contributed by atoms with E-state index in [2.05, 4.69) is 10.6 Å². The molecule has 2 unspecified atom stereocenters. The molecule has 3 aliphatic rings. The summed E-state index contributed by atoms with van der Waals surface area (Å²) in [5, 5.41) is 7.09. The standard InChI is InChI=1S/C30H39ClFN3O4/c31-22-6-4-20(5-7-22)27(21-10-14-37-15-11-21)28(33)29(36)35-26-3-1-2-25(32)24(26)9-8-23-18-34-19-30(39-23)12-16-38-17-13-30/h1-7,21,23,27-28,34H,8-19,33H2,(H,35,36)/t23-,27?,28?/m1/s1. The topological polar surface area (TPSA) is 94.8 Å². The van der Waals surface area contributed by atoms with Crippen LogP contribution in [0.2, 0.25) is 5.02 Å². The first kappa shape index (κ1) is 28.5. The van der Waals surface area contributed by atoms with Crippen molar-refractivity contribution >= 4 is 23.2 Å². The lowest BCUT2D eigenvalue weighted by molar-refractivity contribution is -0.160. The van der Waals surface area contributed by atoms with Crippen LogP contribution in [0.1, 0.15) is 49.1 Å². The Hall–Kier alpha value is -2.07. The normalized spacial score (nSPS) is 23.3. The fraction of sp³-hybridized carbons (Fsp3) is 0.567. The maximum absolute atomic E-state index is 15.1. The molecular formula is C30H39ClFN3O4.